The van der Waals surface area contributed by atoms with Gasteiger partial charge in [-0.3, -0.25) is 4.79 Å². The van der Waals surface area contributed by atoms with E-state index in [0.29, 0.717) is 18.3 Å². The number of nitrogens with zero attached hydrogens (tertiary/aromatic N) is 1. The summed E-state index contributed by atoms with van der Waals surface area (Å²) >= 11 is 1.49. The van der Waals surface area contributed by atoms with Crippen LogP contribution in [0.15, 0.2) is 0 Å². The molecule has 1 heterocycles. The van der Waals surface area contributed by atoms with Crippen LogP contribution in [0.1, 0.15) is 43.7 Å². The number of ether oxygens (including phenoxy) is 2. The standard InChI is InChI=1S/C14H20N2O4S/c1-4-19-12(17)8(3)15-14-16-11-9(13(18)20-5-2)6-7-10(11)21-14/h8-9H,4-7H2,1-3H3,(H,15,16). The Morgan fingerprint density at radius 1 is 1.38 bits per heavy atom. The third kappa shape index (κ3) is 3.53. The molecular weight excluding hydrogens is 292 g/mol. The van der Waals surface area contributed by atoms with Gasteiger partial charge in [-0.2, -0.15) is 0 Å². The Morgan fingerprint density at radius 3 is 2.76 bits per heavy atom. The van der Waals surface area contributed by atoms with Crippen LogP contribution in [-0.4, -0.2) is 36.2 Å². The second-order valence-corrected chi connectivity index (χ2v) is 5.87. The number of aromatic nitrogens is 1. The van der Waals surface area contributed by atoms with Gasteiger partial charge in [0.25, 0.3) is 0 Å². The molecule has 2 atom stereocenters. The second kappa shape index (κ2) is 6.89. The highest BCUT2D eigenvalue weighted by Gasteiger charge is 2.34. The predicted molar refractivity (Wildman–Crippen MR) is 79.5 cm³/mol. The number of carbonyl (C=O) groups excluding carboxylic acids is 2. The fraction of sp³-hybridized carbons (Fsp3) is 0.643. The molecule has 0 amide bonds. The molecule has 2 unspecified atom stereocenters. The number of carbonyl (C=O) groups is 2. The molecule has 2 rings (SSSR count). The van der Waals surface area contributed by atoms with Gasteiger partial charge in [-0.25, -0.2) is 9.78 Å². The van der Waals surface area contributed by atoms with Crippen LogP contribution in [0.5, 0.6) is 0 Å². The van der Waals surface area contributed by atoms with Gasteiger partial charge < -0.3 is 14.8 Å². The monoisotopic (exact) mass is 312 g/mol. The summed E-state index contributed by atoms with van der Waals surface area (Å²) in [6.45, 7) is 6.02. The molecule has 0 radical (unpaired) electrons. The van der Waals surface area contributed by atoms with Crippen LogP contribution >= 0.6 is 11.3 Å². The molecule has 1 aliphatic carbocycles. The molecule has 0 bridgehead atoms. The molecule has 6 nitrogen and oxygen atoms in total. The third-order valence-corrected chi connectivity index (χ3v) is 4.33. The Morgan fingerprint density at radius 2 is 2.10 bits per heavy atom. The summed E-state index contributed by atoms with van der Waals surface area (Å²) in [7, 11) is 0. The molecule has 1 aromatic rings. The zero-order valence-electron chi connectivity index (χ0n) is 12.5. The first-order valence-electron chi connectivity index (χ1n) is 7.16. The maximum Gasteiger partial charge on any atom is 0.328 e. The van der Waals surface area contributed by atoms with E-state index < -0.39 is 6.04 Å². The normalized spacial score (nSPS) is 18.0. The van der Waals surface area contributed by atoms with Gasteiger partial charge >= 0.3 is 11.9 Å². The molecule has 0 saturated carbocycles. The summed E-state index contributed by atoms with van der Waals surface area (Å²) in [4.78, 5) is 29.0. The van der Waals surface area contributed by atoms with Crippen molar-refractivity contribution in [3.8, 4) is 0 Å². The molecule has 1 aromatic heterocycles. The number of thiazole rings is 1. The van der Waals surface area contributed by atoms with Crippen LogP contribution in [0, 0.1) is 0 Å². The van der Waals surface area contributed by atoms with E-state index in [-0.39, 0.29) is 17.9 Å². The van der Waals surface area contributed by atoms with E-state index in [1.54, 1.807) is 20.8 Å². The van der Waals surface area contributed by atoms with Crippen LogP contribution in [0.25, 0.3) is 0 Å². The minimum atomic E-state index is -0.461. The third-order valence-electron chi connectivity index (χ3n) is 3.27. The molecule has 0 aromatic carbocycles. The summed E-state index contributed by atoms with van der Waals surface area (Å²) in [5.74, 6) is -0.800. The fourth-order valence-corrected chi connectivity index (χ4v) is 3.40. The van der Waals surface area contributed by atoms with Crippen molar-refractivity contribution in [2.75, 3.05) is 18.5 Å². The molecule has 21 heavy (non-hydrogen) atoms. The molecule has 7 heteroatoms. The number of aryl methyl sites for hydroxylation is 1. The average molecular weight is 312 g/mol. The van der Waals surface area contributed by atoms with E-state index in [2.05, 4.69) is 10.3 Å². The van der Waals surface area contributed by atoms with Gasteiger partial charge in [0.2, 0.25) is 0 Å². The minimum absolute atomic E-state index is 0.216. The van der Waals surface area contributed by atoms with Crippen LogP contribution in [-0.2, 0) is 25.5 Å². The first-order chi connectivity index (χ1) is 10.1. The Kier molecular flexibility index (Phi) is 5.17. The van der Waals surface area contributed by atoms with Gasteiger partial charge in [0.05, 0.1) is 18.9 Å². The van der Waals surface area contributed by atoms with Crippen LogP contribution in [0.4, 0.5) is 5.13 Å². The number of esters is 2. The summed E-state index contributed by atoms with van der Waals surface area (Å²) in [5.41, 5.74) is 0.789. The largest absolute Gasteiger partial charge is 0.465 e. The van der Waals surface area contributed by atoms with Gasteiger partial charge in [0.1, 0.15) is 12.0 Å². The van der Waals surface area contributed by atoms with Crippen molar-refractivity contribution in [1.82, 2.24) is 4.98 Å². The van der Waals surface area contributed by atoms with Gasteiger partial charge in [-0.1, -0.05) is 0 Å². The van der Waals surface area contributed by atoms with Gasteiger partial charge in [-0.05, 0) is 33.6 Å². The Hall–Kier alpha value is -1.63. The first-order valence-corrected chi connectivity index (χ1v) is 7.97. The Balaban J connectivity index is 2.04. The van der Waals surface area contributed by atoms with Crippen molar-refractivity contribution in [2.45, 2.75) is 45.6 Å². The van der Waals surface area contributed by atoms with Crippen molar-refractivity contribution in [2.24, 2.45) is 0 Å². The van der Waals surface area contributed by atoms with E-state index in [1.165, 1.54) is 11.3 Å². The van der Waals surface area contributed by atoms with Crippen LogP contribution < -0.4 is 5.32 Å². The number of hydrogen-bond acceptors (Lipinski definition) is 7. The van der Waals surface area contributed by atoms with Gasteiger partial charge in [0, 0.05) is 4.88 Å². The SMILES string of the molecule is CCOC(=O)C(C)Nc1nc2c(s1)CCC2C(=O)OCC. The summed E-state index contributed by atoms with van der Waals surface area (Å²) in [6.07, 6.45) is 1.58. The Labute approximate surface area is 127 Å². The lowest BCUT2D eigenvalue weighted by atomic mass is 10.1. The molecule has 0 spiro atoms. The maximum absolute atomic E-state index is 11.9. The zero-order valence-corrected chi connectivity index (χ0v) is 13.3. The van der Waals surface area contributed by atoms with E-state index >= 15 is 0 Å². The van der Waals surface area contributed by atoms with Crippen molar-refractivity contribution in [1.29, 1.82) is 0 Å². The number of anilines is 1. The van der Waals surface area contributed by atoms with Crippen molar-refractivity contribution >= 4 is 28.4 Å². The summed E-state index contributed by atoms with van der Waals surface area (Å²) in [5, 5.41) is 3.68. The topological polar surface area (TPSA) is 77.5 Å². The number of fused-ring (bicyclic) bond motifs is 1. The van der Waals surface area contributed by atoms with E-state index in [1.807, 2.05) is 0 Å². The fourth-order valence-electron chi connectivity index (χ4n) is 2.27. The van der Waals surface area contributed by atoms with Crippen LogP contribution in [0.3, 0.4) is 0 Å². The Bertz CT molecular complexity index is 529. The number of rotatable bonds is 6. The van der Waals surface area contributed by atoms with E-state index in [0.717, 1.165) is 23.4 Å². The lowest BCUT2D eigenvalue weighted by Crippen LogP contribution is -2.28. The van der Waals surface area contributed by atoms with Gasteiger partial charge in [-0.15, -0.1) is 11.3 Å². The van der Waals surface area contributed by atoms with Gasteiger partial charge in [0.15, 0.2) is 5.13 Å². The zero-order chi connectivity index (χ0) is 15.4. The predicted octanol–water partition coefficient (Wildman–Crippen LogP) is 2.10. The molecule has 116 valence electrons. The smallest absolute Gasteiger partial charge is 0.328 e. The summed E-state index contributed by atoms with van der Waals surface area (Å²) in [6, 6.07) is -0.461. The molecule has 0 fully saturated rings. The van der Waals surface area contributed by atoms with E-state index in [9.17, 15) is 9.59 Å². The number of nitrogens with one attached hydrogen (secondary N) is 1. The lowest BCUT2D eigenvalue weighted by molar-refractivity contribution is -0.145. The van der Waals surface area contributed by atoms with E-state index in [4.69, 9.17) is 9.47 Å². The van der Waals surface area contributed by atoms with Crippen molar-refractivity contribution < 1.29 is 19.1 Å². The quantitative estimate of drug-likeness (QED) is 0.811. The first kappa shape index (κ1) is 15.8. The second-order valence-electron chi connectivity index (χ2n) is 4.79. The molecule has 0 saturated heterocycles. The van der Waals surface area contributed by atoms with Crippen molar-refractivity contribution in [3.63, 3.8) is 0 Å². The highest BCUT2D eigenvalue weighted by molar-refractivity contribution is 7.15. The lowest BCUT2D eigenvalue weighted by Gasteiger charge is -2.11. The summed E-state index contributed by atoms with van der Waals surface area (Å²) < 4.78 is 10.0. The highest BCUT2D eigenvalue weighted by atomic mass is 32.1. The molecule has 0 aliphatic heterocycles. The maximum atomic E-state index is 11.9. The minimum Gasteiger partial charge on any atom is -0.465 e. The van der Waals surface area contributed by atoms with Crippen molar-refractivity contribution in [3.05, 3.63) is 10.6 Å². The molecular formula is C14H20N2O4S. The molecule has 1 aliphatic rings. The average Bonchev–Trinajstić information content (AvgIpc) is 2.98. The van der Waals surface area contributed by atoms with Crippen LogP contribution in [0.2, 0.25) is 0 Å². The molecule has 1 N–H and O–H groups in total. The highest BCUT2D eigenvalue weighted by Crippen LogP contribution is 2.39. The number of hydrogen-bond donors (Lipinski definition) is 1.